The van der Waals surface area contributed by atoms with Gasteiger partial charge >= 0.3 is 5.97 Å². The Morgan fingerprint density at radius 1 is 1.35 bits per heavy atom. The summed E-state index contributed by atoms with van der Waals surface area (Å²) in [6.07, 6.45) is 0.0580. The molecule has 0 radical (unpaired) electrons. The van der Waals surface area contributed by atoms with Gasteiger partial charge in [0.25, 0.3) is 0 Å². The molecule has 0 aromatic heterocycles. The number of carbonyl (C=O) groups is 1. The number of benzene rings is 1. The van der Waals surface area contributed by atoms with Crippen LogP contribution in [0.2, 0.25) is 0 Å². The zero-order valence-corrected chi connectivity index (χ0v) is 12.8. The van der Waals surface area contributed by atoms with E-state index in [0.29, 0.717) is 13.1 Å². The van der Waals surface area contributed by atoms with Gasteiger partial charge in [0.1, 0.15) is 0 Å². The number of carboxylic acid groups (broad SMARTS) is 1. The molecule has 1 unspecified atom stereocenters. The van der Waals surface area contributed by atoms with Crippen LogP contribution in [-0.2, 0) is 4.79 Å². The third-order valence-corrected chi connectivity index (χ3v) is 3.81. The van der Waals surface area contributed by atoms with Crippen LogP contribution in [-0.4, -0.2) is 34.9 Å². The summed E-state index contributed by atoms with van der Waals surface area (Å²) in [5, 5.41) is 19.4. The van der Waals surface area contributed by atoms with Crippen molar-refractivity contribution in [3.63, 3.8) is 0 Å². The topological polar surface area (TPSA) is 60.8 Å². The largest absolute Gasteiger partial charge is 0.481 e. The number of aliphatic carboxylic acids is 1. The lowest BCUT2D eigenvalue weighted by molar-refractivity contribution is -0.136. The number of hydrogen-bond donors (Lipinski definition) is 2. The van der Waals surface area contributed by atoms with E-state index in [1.165, 1.54) is 0 Å². The van der Waals surface area contributed by atoms with Gasteiger partial charge in [-0.2, -0.15) is 0 Å². The quantitative estimate of drug-likeness (QED) is 0.805. The molecule has 0 aliphatic heterocycles. The van der Waals surface area contributed by atoms with E-state index in [4.69, 9.17) is 5.11 Å². The molecule has 0 fully saturated rings. The third-order valence-electron chi connectivity index (χ3n) is 3.81. The van der Waals surface area contributed by atoms with Gasteiger partial charge in [0.2, 0.25) is 0 Å². The van der Waals surface area contributed by atoms with Crippen LogP contribution in [0.3, 0.4) is 0 Å². The predicted molar refractivity (Wildman–Crippen MR) is 81.1 cm³/mol. The van der Waals surface area contributed by atoms with E-state index in [-0.39, 0.29) is 12.3 Å². The summed E-state index contributed by atoms with van der Waals surface area (Å²) in [5.41, 5.74) is 1.20. The van der Waals surface area contributed by atoms with Crippen molar-refractivity contribution in [1.29, 1.82) is 0 Å². The van der Waals surface area contributed by atoms with E-state index < -0.39 is 11.6 Å². The lowest BCUT2D eigenvalue weighted by atomic mass is 9.91. The van der Waals surface area contributed by atoms with Crippen molar-refractivity contribution >= 4 is 11.7 Å². The molecule has 0 aliphatic carbocycles. The van der Waals surface area contributed by atoms with Crippen molar-refractivity contribution in [3.05, 3.63) is 29.8 Å². The Morgan fingerprint density at radius 2 is 1.95 bits per heavy atom. The summed E-state index contributed by atoms with van der Waals surface area (Å²) in [5.74, 6) is -0.730. The lowest BCUT2D eigenvalue weighted by Crippen LogP contribution is -2.45. The first-order valence-corrected chi connectivity index (χ1v) is 6.99. The summed E-state index contributed by atoms with van der Waals surface area (Å²) in [6.45, 7) is 8.53. The van der Waals surface area contributed by atoms with Crippen LogP contribution in [0.25, 0.3) is 0 Å². The summed E-state index contributed by atoms with van der Waals surface area (Å²) in [6, 6.07) is 7.84. The molecule has 4 heteroatoms. The molecular formula is C16H25NO3. The molecule has 0 amide bonds. The van der Waals surface area contributed by atoms with Gasteiger partial charge in [-0.25, -0.2) is 0 Å². The van der Waals surface area contributed by atoms with Crippen LogP contribution in [0.15, 0.2) is 24.3 Å². The fourth-order valence-electron chi connectivity index (χ4n) is 2.00. The van der Waals surface area contributed by atoms with Crippen molar-refractivity contribution in [2.75, 3.05) is 18.0 Å². The Bertz CT molecular complexity index is 455. The number of nitrogens with zero attached hydrogens (tertiary/aromatic N) is 1. The van der Waals surface area contributed by atoms with Crippen molar-refractivity contribution in [2.45, 2.75) is 39.7 Å². The number of anilines is 1. The number of para-hydroxylation sites is 1. The summed E-state index contributed by atoms with van der Waals surface area (Å²) in [4.78, 5) is 12.8. The standard InChI is InChI=1S/C16H25NO3/c1-12(2)16(4,20)11-17(10-9-15(18)19)14-8-6-5-7-13(14)3/h5-8,12,20H,9-11H2,1-4H3,(H,18,19). The van der Waals surface area contributed by atoms with Crippen LogP contribution >= 0.6 is 0 Å². The van der Waals surface area contributed by atoms with Crippen molar-refractivity contribution in [2.24, 2.45) is 5.92 Å². The molecule has 0 saturated heterocycles. The fraction of sp³-hybridized carbons (Fsp3) is 0.562. The molecule has 0 aliphatic rings. The molecular weight excluding hydrogens is 254 g/mol. The van der Waals surface area contributed by atoms with E-state index in [1.54, 1.807) is 6.92 Å². The Hall–Kier alpha value is -1.55. The normalized spacial score (nSPS) is 14.1. The zero-order valence-electron chi connectivity index (χ0n) is 12.8. The lowest BCUT2D eigenvalue weighted by Gasteiger charge is -2.36. The molecule has 0 saturated carbocycles. The highest BCUT2D eigenvalue weighted by Gasteiger charge is 2.28. The maximum Gasteiger partial charge on any atom is 0.305 e. The van der Waals surface area contributed by atoms with Gasteiger partial charge in [0, 0.05) is 18.8 Å². The molecule has 20 heavy (non-hydrogen) atoms. The van der Waals surface area contributed by atoms with Crippen LogP contribution in [0, 0.1) is 12.8 Å². The van der Waals surface area contributed by atoms with Gasteiger partial charge in [-0.05, 0) is 31.4 Å². The van der Waals surface area contributed by atoms with E-state index >= 15 is 0 Å². The van der Waals surface area contributed by atoms with Crippen molar-refractivity contribution < 1.29 is 15.0 Å². The van der Waals surface area contributed by atoms with E-state index in [1.807, 2.05) is 49.9 Å². The second kappa shape index (κ2) is 6.75. The molecule has 2 N–H and O–H groups in total. The fourth-order valence-corrected chi connectivity index (χ4v) is 2.00. The minimum absolute atomic E-state index is 0.0580. The second-order valence-electron chi connectivity index (χ2n) is 5.86. The maximum atomic E-state index is 10.8. The molecule has 4 nitrogen and oxygen atoms in total. The number of aliphatic hydroxyl groups is 1. The highest BCUT2D eigenvalue weighted by Crippen LogP contribution is 2.25. The average molecular weight is 279 g/mol. The highest BCUT2D eigenvalue weighted by molar-refractivity contribution is 5.68. The van der Waals surface area contributed by atoms with E-state index in [2.05, 4.69) is 0 Å². The third kappa shape index (κ3) is 4.53. The van der Waals surface area contributed by atoms with Crippen LogP contribution in [0.1, 0.15) is 32.8 Å². The molecule has 0 spiro atoms. The number of carboxylic acids is 1. The van der Waals surface area contributed by atoms with Crippen LogP contribution in [0.4, 0.5) is 5.69 Å². The second-order valence-corrected chi connectivity index (χ2v) is 5.86. The molecule has 1 aromatic carbocycles. The first-order chi connectivity index (χ1) is 9.24. The molecule has 112 valence electrons. The SMILES string of the molecule is Cc1ccccc1N(CCC(=O)O)CC(C)(O)C(C)C. The summed E-state index contributed by atoms with van der Waals surface area (Å²) >= 11 is 0. The van der Waals surface area contributed by atoms with Gasteiger partial charge in [0.05, 0.1) is 12.0 Å². The molecule has 0 heterocycles. The van der Waals surface area contributed by atoms with Gasteiger partial charge in [-0.1, -0.05) is 32.0 Å². The highest BCUT2D eigenvalue weighted by atomic mass is 16.4. The smallest absolute Gasteiger partial charge is 0.305 e. The Kier molecular flexibility index (Phi) is 5.57. The Balaban J connectivity index is 2.97. The predicted octanol–water partition coefficient (Wildman–Crippen LogP) is 2.68. The summed E-state index contributed by atoms with van der Waals surface area (Å²) in [7, 11) is 0. The van der Waals surface area contributed by atoms with Gasteiger partial charge in [0.15, 0.2) is 0 Å². The van der Waals surface area contributed by atoms with E-state index in [0.717, 1.165) is 11.3 Å². The Morgan fingerprint density at radius 3 is 2.45 bits per heavy atom. The number of hydrogen-bond acceptors (Lipinski definition) is 3. The maximum absolute atomic E-state index is 10.8. The molecule has 0 bridgehead atoms. The minimum atomic E-state index is -0.860. The monoisotopic (exact) mass is 279 g/mol. The van der Waals surface area contributed by atoms with Gasteiger partial charge in [-0.3, -0.25) is 4.79 Å². The van der Waals surface area contributed by atoms with Crippen LogP contribution < -0.4 is 4.90 Å². The Labute approximate surface area is 121 Å². The van der Waals surface area contributed by atoms with Crippen molar-refractivity contribution in [3.8, 4) is 0 Å². The zero-order chi connectivity index (χ0) is 15.3. The average Bonchev–Trinajstić information content (AvgIpc) is 2.35. The van der Waals surface area contributed by atoms with Gasteiger partial charge in [-0.15, -0.1) is 0 Å². The first-order valence-electron chi connectivity index (χ1n) is 6.99. The molecule has 1 atom stereocenters. The van der Waals surface area contributed by atoms with Gasteiger partial charge < -0.3 is 15.1 Å². The minimum Gasteiger partial charge on any atom is -0.481 e. The molecule has 1 rings (SSSR count). The first kappa shape index (κ1) is 16.5. The summed E-state index contributed by atoms with van der Waals surface area (Å²) < 4.78 is 0. The van der Waals surface area contributed by atoms with E-state index in [9.17, 15) is 9.90 Å². The van der Waals surface area contributed by atoms with Crippen molar-refractivity contribution in [1.82, 2.24) is 0 Å². The van der Waals surface area contributed by atoms with Crippen LogP contribution in [0.5, 0.6) is 0 Å². The molecule has 1 aromatic rings. The number of aryl methyl sites for hydroxylation is 1. The number of rotatable bonds is 7.